The molecule has 0 saturated carbocycles. The lowest BCUT2D eigenvalue weighted by Crippen LogP contribution is -2.01. The lowest BCUT2D eigenvalue weighted by Gasteiger charge is -2.06. The number of nitrogens with zero attached hydrogens (tertiary/aromatic N) is 2. The van der Waals surface area contributed by atoms with E-state index in [2.05, 4.69) is 49.2 Å². The number of aromatic nitrogens is 2. The zero-order valence-electron chi connectivity index (χ0n) is 9.12. The number of hydrogen-bond donors (Lipinski definition) is 1. The topological polar surface area (TPSA) is 51.0 Å². The van der Waals surface area contributed by atoms with Gasteiger partial charge >= 0.3 is 0 Å². The van der Waals surface area contributed by atoms with Crippen molar-refractivity contribution in [2.75, 3.05) is 5.32 Å². The molecular formula is C11H12BrN3O. The number of aryl methyl sites for hydroxylation is 2. The molecule has 0 unspecified atom stereocenters. The maximum Gasteiger partial charge on any atom is 0.127 e. The second kappa shape index (κ2) is 4.65. The summed E-state index contributed by atoms with van der Waals surface area (Å²) >= 11 is 3.49. The molecule has 0 atom stereocenters. The first-order valence-corrected chi connectivity index (χ1v) is 5.74. The maximum absolute atomic E-state index is 4.63. The molecule has 1 aromatic heterocycles. The quantitative estimate of drug-likeness (QED) is 0.940. The van der Waals surface area contributed by atoms with Crippen molar-refractivity contribution >= 4 is 21.6 Å². The predicted molar refractivity (Wildman–Crippen MR) is 65.2 cm³/mol. The molecule has 0 saturated heterocycles. The van der Waals surface area contributed by atoms with Gasteiger partial charge in [0.2, 0.25) is 0 Å². The van der Waals surface area contributed by atoms with Gasteiger partial charge in [0.05, 0.1) is 6.54 Å². The highest BCUT2D eigenvalue weighted by Gasteiger charge is 2.04. The highest BCUT2D eigenvalue weighted by atomic mass is 79.9. The SMILES string of the molecule is Cc1ccc(NCc2nonc2C)cc1Br. The van der Waals surface area contributed by atoms with Gasteiger partial charge in [-0.1, -0.05) is 32.3 Å². The van der Waals surface area contributed by atoms with E-state index in [1.54, 1.807) is 0 Å². The van der Waals surface area contributed by atoms with Crippen LogP contribution in [0, 0.1) is 13.8 Å². The summed E-state index contributed by atoms with van der Waals surface area (Å²) in [6, 6.07) is 6.13. The summed E-state index contributed by atoms with van der Waals surface area (Å²) in [7, 11) is 0. The Morgan fingerprint density at radius 2 is 2.12 bits per heavy atom. The van der Waals surface area contributed by atoms with Crippen molar-refractivity contribution in [2.24, 2.45) is 0 Å². The van der Waals surface area contributed by atoms with Gasteiger partial charge in [-0.2, -0.15) is 0 Å². The van der Waals surface area contributed by atoms with E-state index in [0.29, 0.717) is 6.54 Å². The first-order valence-electron chi connectivity index (χ1n) is 4.95. The lowest BCUT2D eigenvalue weighted by molar-refractivity contribution is 0.301. The zero-order valence-corrected chi connectivity index (χ0v) is 10.7. The van der Waals surface area contributed by atoms with Gasteiger partial charge in [0.15, 0.2) is 0 Å². The second-order valence-electron chi connectivity index (χ2n) is 3.61. The minimum atomic E-state index is 0.616. The molecule has 0 aliphatic rings. The largest absolute Gasteiger partial charge is 0.379 e. The van der Waals surface area contributed by atoms with Crippen LogP contribution in [-0.4, -0.2) is 10.3 Å². The van der Waals surface area contributed by atoms with Crippen LogP contribution in [0.15, 0.2) is 27.3 Å². The molecule has 4 nitrogen and oxygen atoms in total. The van der Waals surface area contributed by atoms with Crippen molar-refractivity contribution in [3.05, 3.63) is 39.6 Å². The number of rotatable bonds is 3. The normalized spacial score (nSPS) is 10.4. The van der Waals surface area contributed by atoms with Gasteiger partial charge < -0.3 is 5.32 Å². The van der Waals surface area contributed by atoms with Crippen LogP contribution in [0.3, 0.4) is 0 Å². The van der Waals surface area contributed by atoms with Crippen LogP contribution in [0.1, 0.15) is 17.0 Å². The van der Waals surface area contributed by atoms with Crippen LogP contribution in [0.4, 0.5) is 5.69 Å². The van der Waals surface area contributed by atoms with Gasteiger partial charge in [-0.25, -0.2) is 4.63 Å². The fraction of sp³-hybridized carbons (Fsp3) is 0.273. The molecule has 2 rings (SSSR count). The fourth-order valence-corrected chi connectivity index (χ4v) is 1.68. The molecule has 0 amide bonds. The minimum absolute atomic E-state index is 0.616. The Morgan fingerprint density at radius 1 is 1.31 bits per heavy atom. The summed E-state index contributed by atoms with van der Waals surface area (Å²) < 4.78 is 5.72. The van der Waals surface area contributed by atoms with Gasteiger partial charge in [-0.15, -0.1) is 0 Å². The van der Waals surface area contributed by atoms with Crippen molar-refractivity contribution in [1.82, 2.24) is 10.3 Å². The molecule has 0 radical (unpaired) electrons. The first kappa shape index (κ1) is 11.1. The van der Waals surface area contributed by atoms with Gasteiger partial charge in [0, 0.05) is 10.2 Å². The van der Waals surface area contributed by atoms with Gasteiger partial charge in [-0.3, -0.25) is 0 Å². The van der Waals surface area contributed by atoms with E-state index in [-0.39, 0.29) is 0 Å². The van der Waals surface area contributed by atoms with E-state index in [4.69, 9.17) is 0 Å². The monoisotopic (exact) mass is 281 g/mol. The van der Waals surface area contributed by atoms with E-state index in [9.17, 15) is 0 Å². The molecule has 1 heterocycles. The molecule has 2 aromatic rings. The smallest absolute Gasteiger partial charge is 0.127 e. The summed E-state index contributed by atoms with van der Waals surface area (Å²) in [6.07, 6.45) is 0. The number of nitrogens with one attached hydrogen (secondary N) is 1. The van der Waals surface area contributed by atoms with Crippen LogP contribution < -0.4 is 5.32 Å². The first-order chi connectivity index (χ1) is 7.66. The molecule has 84 valence electrons. The van der Waals surface area contributed by atoms with Crippen molar-refractivity contribution in [3.8, 4) is 0 Å². The summed E-state index contributed by atoms with van der Waals surface area (Å²) in [5.74, 6) is 0. The Labute approximate surface area is 102 Å². The van der Waals surface area contributed by atoms with E-state index in [1.165, 1.54) is 5.56 Å². The standard InChI is InChI=1S/C11H12BrN3O/c1-7-3-4-9(5-10(7)12)13-6-11-8(2)14-16-15-11/h3-5,13H,6H2,1-2H3. The van der Waals surface area contributed by atoms with Crippen LogP contribution in [0.25, 0.3) is 0 Å². The van der Waals surface area contributed by atoms with E-state index in [1.807, 2.05) is 19.1 Å². The number of hydrogen-bond acceptors (Lipinski definition) is 4. The van der Waals surface area contributed by atoms with Gasteiger partial charge in [0.1, 0.15) is 11.4 Å². The zero-order chi connectivity index (χ0) is 11.5. The summed E-state index contributed by atoms with van der Waals surface area (Å²) in [5.41, 5.74) is 3.90. The number of anilines is 1. The van der Waals surface area contributed by atoms with E-state index in [0.717, 1.165) is 21.5 Å². The highest BCUT2D eigenvalue weighted by molar-refractivity contribution is 9.10. The Hall–Kier alpha value is -1.36. The third-order valence-electron chi connectivity index (χ3n) is 2.38. The average Bonchev–Trinajstić information content (AvgIpc) is 2.66. The lowest BCUT2D eigenvalue weighted by atomic mass is 10.2. The van der Waals surface area contributed by atoms with E-state index < -0.39 is 0 Å². The van der Waals surface area contributed by atoms with Crippen molar-refractivity contribution in [3.63, 3.8) is 0 Å². The minimum Gasteiger partial charge on any atom is -0.379 e. The number of halogens is 1. The molecule has 0 spiro atoms. The molecular weight excluding hydrogens is 270 g/mol. The van der Waals surface area contributed by atoms with Gasteiger partial charge in [-0.05, 0) is 31.5 Å². The van der Waals surface area contributed by atoms with Crippen LogP contribution in [0.5, 0.6) is 0 Å². The molecule has 0 bridgehead atoms. The predicted octanol–water partition coefficient (Wildman–Crippen LogP) is 3.06. The third kappa shape index (κ3) is 2.41. The molecule has 5 heteroatoms. The average molecular weight is 282 g/mol. The number of benzene rings is 1. The summed E-state index contributed by atoms with van der Waals surface area (Å²) in [6.45, 7) is 4.54. The molecule has 0 aliphatic heterocycles. The van der Waals surface area contributed by atoms with Gasteiger partial charge in [0.25, 0.3) is 0 Å². The molecule has 1 N–H and O–H groups in total. The summed E-state index contributed by atoms with van der Waals surface area (Å²) in [5, 5.41) is 10.8. The van der Waals surface area contributed by atoms with E-state index >= 15 is 0 Å². The highest BCUT2D eigenvalue weighted by Crippen LogP contribution is 2.21. The van der Waals surface area contributed by atoms with Crippen LogP contribution in [0.2, 0.25) is 0 Å². The molecule has 1 aromatic carbocycles. The van der Waals surface area contributed by atoms with Crippen molar-refractivity contribution in [2.45, 2.75) is 20.4 Å². The third-order valence-corrected chi connectivity index (χ3v) is 3.23. The Bertz CT molecular complexity index is 496. The van der Waals surface area contributed by atoms with Crippen LogP contribution in [-0.2, 0) is 6.54 Å². The molecule has 0 aliphatic carbocycles. The second-order valence-corrected chi connectivity index (χ2v) is 4.47. The molecule has 16 heavy (non-hydrogen) atoms. The molecule has 0 fully saturated rings. The Balaban J connectivity index is 2.05. The van der Waals surface area contributed by atoms with Crippen LogP contribution >= 0.6 is 15.9 Å². The fourth-order valence-electron chi connectivity index (χ4n) is 1.30. The van der Waals surface area contributed by atoms with Crippen molar-refractivity contribution < 1.29 is 4.63 Å². The Morgan fingerprint density at radius 3 is 2.75 bits per heavy atom. The summed E-state index contributed by atoms with van der Waals surface area (Å²) in [4.78, 5) is 0. The maximum atomic E-state index is 4.63. The van der Waals surface area contributed by atoms with Crippen molar-refractivity contribution in [1.29, 1.82) is 0 Å². The Kier molecular flexibility index (Phi) is 3.24.